The summed E-state index contributed by atoms with van der Waals surface area (Å²) in [7, 11) is 0. The van der Waals surface area contributed by atoms with Crippen LogP contribution in [-0.4, -0.2) is 29.2 Å². The monoisotopic (exact) mass is 163 g/mol. The molecule has 2 unspecified atom stereocenters. The van der Waals surface area contributed by atoms with Gasteiger partial charge in [-0.2, -0.15) is 0 Å². The Morgan fingerprint density at radius 3 is 2.29 bits per heavy atom. The minimum atomic E-state index is 0.569. The van der Waals surface area contributed by atoms with Crippen molar-refractivity contribution >= 4 is 16.1 Å². The van der Waals surface area contributed by atoms with Crippen LogP contribution in [0.25, 0.3) is 0 Å². The zero-order valence-electron chi connectivity index (χ0n) is 3.80. The van der Waals surface area contributed by atoms with Crippen molar-refractivity contribution in [3.8, 4) is 0 Å². The number of fused-ring (bicyclic) bond motifs is 1. The van der Waals surface area contributed by atoms with Crippen molar-refractivity contribution in [2.24, 2.45) is 0 Å². The summed E-state index contributed by atoms with van der Waals surface area (Å²) in [6.07, 6.45) is 1.14. The third-order valence-corrected chi connectivity index (χ3v) is 2.02. The maximum Gasteiger partial charge on any atom is 0.0991 e. The quantitative estimate of drug-likeness (QED) is 0.380. The fraction of sp³-hybridized carbons (Fsp3) is 1.00. The standard InChI is InChI=1S/C4H6BrNO/c5-6-1-3-4(2-6)7-3/h3-4H,1-2H2. The Labute approximate surface area is 50.8 Å². The van der Waals surface area contributed by atoms with Crippen molar-refractivity contribution in [3.05, 3.63) is 0 Å². The molecule has 0 spiro atoms. The molecule has 2 heterocycles. The van der Waals surface area contributed by atoms with Gasteiger partial charge < -0.3 is 4.74 Å². The van der Waals surface area contributed by atoms with E-state index >= 15 is 0 Å². The van der Waals surface area contributed by atoms with Gasteiger partial charge in [0, 0.05) is 29.2 Å². The number of rotatable bonds is 0. The highest BCUT2D eigenvalue weighted by molar-refractivity contribution is 9.07. The van der Waals surface area contributed by atoms with E-state index in [4.69, 9.17) is 4.74 Å². The molecule has 2 fully saturated rings. The van der Waals surface area contributed by atoms with Gasteiger partial charge >= 0.3 is 0 Å². The maximum atomic E-state index is 5.15. The van der Waals surface area contributed by atoms with Crippen LogP contribution in [0.4, 0.5) is 0 Å². The number of morpholine rings is 1. The summed E-state index contributed by atoms with van der Waals surface area (Å²) in [5, 5.41) is 0. The van der Waals surface area contributed by atoms with Gasteiger partial charge in [0.15, 0.2) is 0 Å². The lowest BCUT2D eigenvalue weighted by Crippen LogP contribution is -2.10. The molecule has 0 radical (unpaired) electrons. The van der Waals surface area contributed by atoms with Crippen LogP contribution in [0.2, 0.25) is 0 Å². The van der Waals surface area contributed by atoms with Crippen LogP contribution in [0.1, 0.15) is 0 Å². The van der Waals surface area contributed by atoms with Crippen molar-refractivity contribution in [1.29, 1.82) is 0 Å². The second kappa shape index (κ2) is 1.21. The van der Waals surface area contributed by atoms with Gasteiger partial charge in [-0.1, -0.05) is 0 Å². The number of halogens is 1. The number of ether oxygens (including phenoxy) is 1. The Morgan fingerprint density at radius 1 is 1.43 bits per heavy atom. The van der Waals surface area contributed by atoms with E-state index in [0.29, 0.717) is 12.2 Å². The summed E-state index contributed by atoms with van der Waals surface area (Å²) in [5.41, 5.74) is 0. The van der Waals surface area contributed by atoms with Crippen LogP contribution in [0.3, 0.4) is 0 Å². The normalized spacial score (nSPS) is 49.3. The lowest BCUT2D eigenvalue weighted by Gasteiger charge is -2.02. The molecule has 2 rings (SSSR count). The van der Waals surface area contributed by atoms with Gasteiger partial charge in [-0.05, 0) is 0 Å². The van der Waals surface area contributed by atoms with Gasteiger partial charge in [0.2, 0.25) is 0 Å². The molecule has 0 saturated carbocycles. The average molecular weight is 164 g/mol. The van der Waals surface area contributed by atoms with E-state index in [1.165, 1.54) is 0 Å². The van der Waals surface area contributed by atoms with E-state index in [9.17, 15) is 0 Å². The Hall–Kier alpha value is 0.400. The lowest BCUT2D eigenvalue weighted by atomic mass is 10.4. The maximum absolute atomic E-state index is 5.15. The summed E-state index contributed by atoms with van der Waals surface area (Å²) < 4.78 is 7.27. The van der Waals surface area contributed by atoms with E-state index in [-0.39, 0.29) is 0 Å². The van der Waals surface area contributed by atoms with Gasteiger partial charge in [0.05, 0.1) is 12.2 Å². The molecule has 2 nitrogen and oxygen atoms in total. The minimum Gasteiger partial charge on any atom is -0.367 e. The molecule has 40 valence electrons. The van der Waals surface area contributed by atoms with Gasteiger partial charge in [-0.3, -0.25) is 0 Å². The van der Waals surface area contributed by atoms with Crippen LogP contribution < -0.4 is 0 Å². The van der Waals surface area contributed by atoms with E-state index < -0.39 is 0 Å². The van der Waals surface area contributed by atoms with E-state index in [1.54, 1.807) is 0 Å². The van der Waals surface area contributed by atoms with Gasteiger partial charge in [-0.15, -0.1) is 0 Å². The molecule has 0 aliphatic carbocycles. The highest BCUT2D eigenvalue weighted by Gasteiger charge is 2.46. The highest BCUT2D eigenvalue weighted by atomic mass is 79.9. The SMILES string of the molecule is BrN1CC2OC2C1. The molecule has 7 heavy (non-hydrogen) atoms. The first-order valence-corrected chi connectivity index (χ1v) is 3.13. The highest BCUT2D eigenvalue weighted by Crippen LogP contribution is 2.31. The van der Waals surface area contributed by atoms with Crippen molar-refractivity contribution in [1.82, 2.24) is 3.93 Å². The summed E-state index contributed by atoms with van der Waals surface area (Å²) in [6.45, 7) is 2.15. The number of epoxide rings is 1. The molecule has 2 aliphatic rings. The minimum absolute atomic E-state index is 0.569. The van der Waals surface area contributed by atoms with Crippen molar-refractivity contribution < 1.29 is 4.74 Å². The van der Waals surface area contributed by atoms with Crippen LogP contribution in [0.5, 0.6) is 0 Å². The molecular weight excluding hydrogens is 158 g/mol. The molecule has 0 aromatic rings. The predicted molar refractivity (Wildman–Crippen MR) is 29.2 cm³/mol. The molecule has 0 bridgehead atoms. The molecule has 2 saturated heterocycles. The molecule has 0 N–H and O–H groups in total. The molecule has 0 amide bonds. The third-order valence-electron chi connectivity index (χ3n) is 1.44. The number of hydrogen-bond donors (Lipinski definition) is 0. The Morgan fingerprint density at radius 2 is 2.00 bits per heavy atom. The zero-order valence-corrected chi connectivity index (χ0v) is 5.39. The fourth-order valence-corrected chi connectivity index (χ4v) is 1.54. The first-order valence-electron chi connectivity index (χ1n) is 2.42. The molecule has 3 heteroatoms. The topological polar surface area (TPSA) is 15.8 Å². The largest absolute Gasteiger partial charge is 0.367 e. The molecule has 0 aromatic heterocycles. The second-order valence-electron chi connectivity index (χ2n) is 2.04. The number of hydrogen-bond acceptors (Lipinski definition) is 2. The van der Waals surface area contributed by atoms with Gasteiger partial charge in [0.1, 0.15) is 0 Å². The first-order chi connectivity index (χ1) is 3.36. The van der Waals surface area contributed by atoms with Crippen LogP contribution in [0, 0.1) is 0 Å². The van der Waals surface area contributed by atoms with Crippen molar-refractivity contribution in [2.75, 3.05) is 13.1 Å². The van der Waals surface area contributed by atoms with Crippen LogP contribution in [0.15, 0.2) is 0 Å². The Kier molecular flexibility index (Phi) is 0.745. The summed E-state index contributed by atoms with van der Waals surface area (Å²) in [4.78, 5) is 0. The average Bonchev–Trinajstić information content (AvgIpc) is 2.15. The van der Waals surface area contributed by atoms with E-state index in [0.717, 1.165) is 13.1 Å². The Bertz CT molecular complexity index is 87.7. The van der Waals surface area contributed by atoms with Crippen LogP contribution >= 0.6 is 16.1 Å². The molecule has 2 atom stereocenters. The second-order valence-corrected chi connectivity index (χ2v) is 3.04. The van der Waals surface area contributed by atoms with Crippen LogP contribution in [-0.2, 0) is 4.74 Å². The number of nitrogens with zero attached hydrogens (tertiary/aromatic N) is 1. The van der Waals surface area contributed by atoms with Crippen molar-refractivity contribution in [2.45, 2.75) is 12.2 Å². The summed E-state index contributed by atoms with van der Waals surface area (Å²) >= 11 is 3.36. The first kappa shape index (κ1) is 4.30. The predicted octanol–water partition coefficient (Wildman–Crippen LogP) is 0.379. The molecule has 2 aliphatic heterocycles. The zero-order chi connectivity index (χ0) is 4.85. The summed E-state index contributed by atoms with van der Waals surface area (Å²) in [5.74, 6) is 0. The molecular formula is C4H6BrNO. The van der Waals surface area contributed by atoms with Crippen molar-refractivity contribution in [3.63, 3.8) is 0 Å². The summed E-state index contributed by atoms with van der Waals surface area (Å²) in [6, 6.07) is 0. The van der Waals surface area contributed by atoms with Gasteiger partial charge in [0.25, 0.3) is 0 Å². The molecule has 0 aromatic carbocycles. The van der Waals surface area contributed by atoms with E-state index in [1.807, 2.05) is 0 Å². The third kappa shape index (κ3) is 0.598. The van der Waals surface area contributed by atoms with Gasteiger partial charge in [-0.25, -0.2) is 3.93 Å². The lowest BCUT2D eigenvalue weighted by molar-refractivity contribution is 0.289. The van der Waals surface area contributed by atoms with E-state index in [2.05, 4.69) is 20.1 Å². The smallest absolute Gasteiger partial charge is 0.0991 e. The fourth-order valence-electron chi connectivity index (χ4n) is 0.965. The Balaban J connectivity index is 2.02.